The summed E-state index contributed by atoms with van der Waals surface area (Å²) in [5.74, 6) is 0. The van der Waals surface area contributed by atoms with Crippen molar-refractivity contribution in [3.05, 3.63) is 42.2 Å². The Morgan fingerprint density at radius 3 is 2.78 bits per heavy atom. The van der Waals surface area contributed by atoms with Crippen molar-refractivity contribution in [1.82, 2.24) is 4.98 Å². The molecule has 0 unspecified atom stereocenters. The maximum atomic E-state index is 5.87. The minimum atomic E-state index is -2.01. The second kappa shape index (κ2) is 8.19. The van der Waals surface area contributed by atoms with Crippen LogP contribution in [0.5, 0.6) is 0 Å². The SMILES string of the molecule is CC/C=C\CCO[Si](C)(C)OCc1cccnc1. The van der Waals surface area contributed by atoms with E-state index in [0.29, 0.717) is 6.61 Å². The fourth-order valence-corrected chi connectivity index (χ4v) is 2.65. The predicted octanol–water partition coefficient (Wildman–Crippen LogP) is 3.67. The Morgan fingerprint density at radius 2 is 2.11 bits per heavy atom. The fraction of sp³-hybridized carbons (Fsp3) is 0.500. The Bertz CT molecular complexity index is 352. The van der Waals surface area contributed by atoms with Crippen molar-refractivity contribution in [3.63, 3.8) is 0 Å². The van der Waals surface area contributed by atoms with Crippen molar-refractivity contribution in [3.8, 4) is 0 Å². The highest BCUT2D eigenvalue weighted by atomic mass is 28.4. The molecule has 0 bridgehead atoms. The zero-order valence-electron chi connectivity index (χ0n) is 11.6. The van der Waals surface area contributed by atoms with Crippen LogP contribution in [0.3, 0.4) is 0 Å². The van der Waals surface area contributed by atoms with Crippen molar-refractivity contribution in [2.45, 2.75) is 39.5 Å². The van der Waals surface area contributed by atoms with Gasteiger partial charge >= 0.3 is 8.56 Å². The average Bonchev–Trinajstić information content (AvgIpc) is 2.38. The zero-order valence-corrected chi connectivity index (χ0v) is 12.6. The highest BCUT2D eigenvalue weighted by molar-refractivity contribution is 6.64. The Labute approximate surface area is 111 Å². The average molecular weight is 265 g/mol. The number of allylic oxidation sites excluding steroid dienone is 1. The summed E-state index contributed by atoms with van der Waals surface area (Å²) < 4.78 is 11.7. The molecule has 0 atom stereocenters. The van der Waals surface area contributed by atoms with Gasteiger partial charge in [0, 0.05) is 19.0 Å². The molecule has 1 aromatic rings. The van der Waals surface area contributed by atoms with Crippen LogP contribution in [0.25, 0.3) is 0 Å². The lowest BCUT2D eigenvalue weighted by atomic mass is 10.3. The summed E-state index contributed by atoms with van der Waals surface area (Å²) in [6, 6.07) is 3.94. The van der Waals surface area contributed by atoms with Crippen molar-refractivity contribution in [2.75, 3.05) is 6.61 Å². The van der Waals surface area contributed by atoms with Crippen molar-refractivity contribution in [2.24, 2.45) is 0 Å². The van der Waals surface area contributed by atoms with E-state index < -0.39 is 8.56 Å². The molecule has 0 N–H and O–H groups in total. The van der Waals surface area contributed by atoms with Crippen LogP contribution in [0.2, 0.25) is 13.1 Å². The lowest BCUT2D eigenvalue weighted by Crippen LogP contribution is -2.34. The van der Waals surface area contributed by atoms with Gasteiger partial charge in [0.15, 0.2) is 0 Å². The number of rotatable bonds is 8. The van der Waals surface area contributed by atoms with Crippen LogP contribution in [-0.4, -0.2) is 20.2 Å². The van der Waals surface area contributed by atoms with Gasteiger partial charge in [0.25, 0.3) is 0 Å². The van der Waals surface area contributed by atoms with Gasteiger partial charge in [0.2, 0.25) is 0 Å². The molecule has 0 saturated heterocycles. The van der Waals surface area contributed by atoms with Crippen LogP contribution in [-0.2, 0) is 15.5 Å². The fourth-order valence-electron chi connectivity index (χ4n) is 1.44. The molecule has 0 aliphatic rings. The van der Waals surface area contributed by atoms with Gasteiger partial charge in [-0.05, 0) is 37.6 Å². The van der Waals surface area contributed by atoms with Gasteiger partial charge in [-0.3, -0.25) is 4.98 Å². The second-order valence-corrected chi connectivity index (χ2v) is 7.94. The molecule has 0 aliphatic heterocycles. The van der Waals surface area contributed by atoms with E-state index >= 15 is 0 Å². The Kier molecular flexibility index (Phi) is 6.86. The number of nitrogens with zero attached hydrogens (tertiary/aromatic N) is 1. The zero-order chi connectivity index (χ0) is 13.3. The normalized spacial score (nSPS) is 12.2. The molecule has 0 amide bonds. The summed E-state index contributed by atoms with van der Waals surface area (Å²) in [5.41, 5.74) is 1.09. The van der Waals surface area contributed by atoms with E-state index in [-0.39, 0.29) is 0 Å². The standard InChI is InChI=1S/C14H23NO2Si/c1-4-5-6-7-11-16-18(2,3)17-13-14-9-8-10-15-12-14/h5-6,8-10,12H,4,7,11,13H2,1-3H3/b6-5-. The van der Waals surface area contributed by atoms with Gasteiger partial charge in [0.1, 0.15) is 0 Å². The first kappa shape index (κ1) is 15.1. The number of hydrogen-bond donors (Lipinski definition) is 0. The monoisotopic (exact) mass is 265 g/mol. The topological polar surface area (TPSA) is 31.4 Å². The highest BCUT2D eigenvalue weighted by Crippen LogP contribution is 2.11. The summed E-state index contributed by atoms with van der Waals surface area (Å²) in [6.45, 7) is 7.60. The van der Waals surface area contributed by atoms with Crippen LogP contribution < -0.4 is 0 Å². The molecular weight excluding hydrogens is 242 g/mol. The predicted molar refractivity (Wildman–Crippen MR) is 76.5 cm³/mol. The van der Waals surface area contributed by atoms with E-state index in [4.69, 9.17) is 8.85 Å². The van der Waals surface area contributed by atoms with Gasteiger partial charge in [-0.1, -0.05) is 25.1 Å². The third-order valence-electron chi connectivity index (χ3n) is 2.45. The Balaban J connectivity index is 2.24. The van der Waals surface area contributed by atoms with Gasteiger partial charge in [-0.15, -0.1) is 0 Å². The highest BCUT2D eigenvalue weighted by Gasteiger charge is 2.24. The molecule has 0 spiro atoms. The van der Waals surface area contributed by atoms with E-state index in [1.54, 1.807) is 6.20 Å². The summed E-state index contributed by atoms with van der Waals surface area (Å²) >= 11 is 0. The smallest absolute Gasteiger partial charge is 0.332 e. The van der Waals surface area contributed by atoms with Crippen molar-refractivity contribution < 1.29 is 8.85 Å². The van der Waals surface area contributed by atoms with Crippen molar-refractivity contribution in [1.29, 1.82) is 0 Å². The van der Waals surface area contributed by atoms with E-state index in [2.05, 4.69) is 37.2 Å². The third kappa shape index (κ3) is 6.69. The van der Waals surface area contributed by atoms with E-state index in [9.17, 15) is 0 Å². The molecule has 100 valence electrons. The number of pyridine rings is 1. The first-order valence-electron chi connectivity index (χ1n) is 6.46. The molecule has 0 aromatic carbocycles. The maximum absolute atomic E-state index is 5.87. The number of hydrogen-bond acceptors (Lipinski definition) is 3. The first-order chi connectivity index (χ1) is 8.64. The first-order valence-corrected chi connectivity index (χ1v) is 9.27. The molecule has 0 radical (unpaired) electrons. The molecule has 1 rings (SSSR count). The second-order valence-electron chi connectivity index (χ2n) is 4.57. The minimum absolute atomic E-state index is 0.581. The van der Waals surface area contributed by atoms with E-state index in [0.717, 1.165) is 25.0 Å². The third-order valence-corrected chi connectivity index (χ3v) is 4.18. The quantitative estimate of drug-likeness (QED) is 0.408. The lowest BCUT2D eigenvalue weighted by molar-refractivity contribution is 0.174. The van der Waals surface area contributed by atoms with Crippen LogP contribution in [0.15, 0.2) is 36.7 Å². The molecule has 18 heavy (non-hydrogen) atoms. The van der Waals surface area contributed by atoms with E-state index in [1.165, 1.54) is 0 Å². The van der Waals surface area contributed by atoms with Gasteiger partial charge in [-0.25, -0.2) is 0 Å². The lowest BCUT2D eigenvalue weighted by Gasteiger charge is -2.22. The van der Waals surface area contributed by atoms with E-state index in [1.807, 2.05) is 18.3 Å². The van der Waals surface area contributed by atoms with Gasteiger partial charge in [0.05, 0.1) is 6.61 Å². The molecular formula is C14H23NO2Si. The van der Waals surface area contributed by atoms with Crippen LogP contribution >= 0.6 is 0 Å². The summed E-state index contributed by atoms with van der Waals surface area (Å²) in [6.07, 6.45) is 9.95. The molecule has 3 nitrogen and oxygen atoms in total. The van der Waals surface area contributed by atoms with Crippen molar-refractivity contribution >= 4 is 8.56 Å². The van der Waals surface area contributed by atoms with Crippen LogP contribution in [0.1, 0.15) is 25.3 Å². The molecule has 0 fully saturated rings. The maximum Gasteiger partial charge on any atom is 0.332 e. The molecule has 4 heteroatoms. The Morgan fingerprint density at radius 1 is 1.28 bits per heavy atom. The molecule has 0 saturated carbocycles. The Hall–Kier alpha value is -0.973. The summed E-state index contributed by atoms with van der Waals surface area (Å²) in [7, 11) is -2.01. The summed E-state index contributed by atoms with van der Waals surface area (Å²) in [4.78, 5) is 4.07. The number of aromatic nitrogens is 1. The van der Waals surface area contributed by atoms with Gasteiger partial charge < -0.3 is 8.85 Å². The van der Waals surface area contributed by atoms with Crippen LogP contribution in [0.4, 0.5) is 0 Å². The van der Waals surface area contributed by atoms with Crippen LogP contribution in [0, 0.1) is 0 Å². The largest absolute Gasteiger partial charge is 0.394 e. The minimum Gasteiger partial charge on any atom is -0.394 e. The molecule has 1 heterocycles. The molecule has 0 aliphatic carbocycles. The molecule has 1 aromatic heterocycles. The summed E-state index contributed by atoms with van der Waals surface area (Å²) in [5, 5.41) is 0. The van der Waals surface area contributed by atoms with Gasteiger partial charge in [-0.2, -0.15) is 0 Å².